The number of hydrogen-bond donors (Lipinski definition) is 1. The van der Waals surface area contributed by atoms with Crippen LogP contribution in [-0.4, -0.2) is 25.4 Å². The van der Waals surface area contributed by atoms with Crippen LogP contribution in [0.5, 0.6) is 0 Å². The number of nitrogens with zero attached hydrogens (tertiary/aromatic N) is 4. The first-order valence-corrected chi connectivity index (χ1v) is 5.44. The average Bonchev–Trinajstić information content (AvgIpc) is 2.91. The molecule has 2 unspecified atom stereocenters. The Morgan fingerprint density at radius 1 is 1.50 bits per heavy atom. The molecule has 5 heteroatoms. The van der Waals surface area contributed by atoms with E-state index in [2.05, 4.69) is 17.0 Å². The number of nitrogens with two attached hydrogens (primary N) is 1. The number of imidazole rings is 1. The first kappa shape index (κ1) is 10.9. The standard InChI is InChI=1S/C11H17N5/c1-3-10(12)11(16-5-4-13-8-16)9-6-14-15(2)7-9/h4-8,10-11H,3,12H2,1-2H3. The summed E-state index contributed by atoms with van der Waals surface area (Å²) in [6, 6.07) is 0.180. The van der Waals surface area contributed by atoms with E-state index in [9.17, 15) is 0 Å². The summed E-state index contributed by atoms with van der Waals surface area (Å²) < 4.78 is 3.83. The number of aryl methyl sites for hydroxylation is 1. The van der Waals surface area contributed by atoms with Gasteiger partial charge in [-0.2, -0.15) is 5.10 Å². The van der Waals surface area contributed by atoms with E-state index in [4.69, 9.17) is 5.73 Å². The minimum atomic E-state index is 0.0680. The van der Waals surface area contributed by atoms with Gasteiger partial charge in [-0.05, 0) is 6.42 Å². The molecule has 0 aliphatic heterocycles. The van der Waals surface area contributed by atoms with E-state index in [1.54, 1.807) is 17.2 Å². The van der Waals surface area contributed by atoms with Gasteiger partial charge in [-0.15, -0.1) is 0 Å². The molecule has 2 heterocycles. The highest BCUT2D eigenvalue weighted by molar-refractivity contribution is 5.15. The van der Waals surface area contributed by atoms with Crippen molar-refractivity contribution in [3.8, 4) is 0 Å². The maximum absolute atomic E-state index is 6.16. The normalized spacial score (nSPS) is 14.9. The molecule has 0 fully saturated rings. The topological polar surface area (TPSA) is 61.7 Å². The van der Waals surface area contributed by atoms with Crippen molar-refractivity contribution in [2.24, 2.45) is 12.8 Å². The van der Waals surface area contributed by atoms with Crippen molar-refractivity contribution < 1.29 is 0 Å². The van der Waals surface area contributed by atoms with E-state index in [1.165, 1.54) is 0 Å². The smallest absolute Gasteiger partial charge is 0.0952 e. The summed E-state index contributed by atoms with van der Waals surface area (Å²) in [5, 5.41) is 4.19. The van der Waals surface area contributed by atoms with Gasteiger partial charge in [0.1, 0.15) is 0 Å². The summed E-state index contributed by atoms with van der Waals surface area (Å²) in [5.41, 5.74) is 7.28. The van der Waals surface area contributed by atoms with Crippen LogP contribution in [0.2, 0.25) is 0 Å². The molecule has 0 aromatic carbocycles. The van der Waals surface area contributed by atoms with Crippen molar-refractivity contribution in [1.29, 1.82) is 0 Å². The molecule has 0 bridgehead atoms. The first-order chi connectivity index (χ1) is 7.72. The molecule has 0 radical (unpaired) electrons. The van der Waals surface area contributed by atoms with Crippen molar-refractivity contribution >= 4 is 0 Å². The van der Waals surface area contributed by atoms with Crippen LogP contribution in [0.15, 0.2) is 31.1 Å². The van der Waals surface area contributed by atoms with E-state index >= 15 is 0 Å². The minimum absolute atomic E-state index is 0.0680. The van der Waals surface area contributed by atoms with E-state index in [-0.39, 0.29) is 12.1 Å². The molecule has 0 spiro atoms. The monoisotopic (exact) mass is 219 g/mol. The Morgan fingerprint density at radius 2 is 2.31 bits per heavy atom. The van der Waals surface area contributed by atoms with Gasteiger partial charge in [0.05, 0.1) is 18.6 Å². The highest BCUT2D eigenvalue weighted by Gasteiger charge is 2.21. The molecule has 86 valence electrons. The predicted molar refractivity (Wildman–Crippen MR) is 61.8 cm³/mol. The Bertz CT molecular complexity index is 431. The molecule has 0 aliphatic rings. The molecule has 0 saturated heterocycles. The summed E-state index contributed by atoms with van der Waals surface area (Å²) in [6.07, 6.45) is 10.3. The average molecular weight is 219 g/mol. The highest BCUT2D eigenvalue weighted by Crippen LogP contribution is 2.21. The van der Waals surface area contributed by atoms with Gasteiger partial charge in [0.25, 0.3) is 0 Å². The maximum Gasteiger partial charge on any atom is 0.0952 e. The molecule has 2 aromatic rings. The van der Waals surface area contributed by atoms with Crippen molar-refractivity contribution in [2.75, 3.05) is 0 Å². The summed E-state index contributed by atoms with van der Waals surface area (Å²) >= 11 is 0. The largest absolute Gasteiger partial charge is 0.328 e. The third kappa shape index (κ3) is 1.99. The summed E-state index contributed by atoms with van der Waals surface area (Å²) in [6.45, 7) is 2.09. The Balaban J connectivity index is 2.35. The molecule has 2 N–H and O–H groups in total. The fourth-order valence-electron chi connectivity index (χ4n) is 1.89. The summed E-state index contributed by atoms with van der Waals surface area (Å²) in [7, 11) is 1.91. The Labute approximate surface area is 94.9 Å². The van der Waals surface area contributed by atoms with E-state index in [1.807, 2.05) is 30.2 Å². The van der Waals surface area contributed by atoms with Crippen molar-refractivity contribution in [3.63, 3.8) is 0 Å². The van der Waals surface area contributed by atoms with Gasteiger partial charge in [0.15, 0.2) is 0 Å². The van der Waals surface area contributed by atoms with Gasteiger partial charge >= 0.3 is 0 Å². The highest BCUT2D eigenvalue weighted by atomic mass is 15.2. The molecule has 0 amide bonds. The lowest BCUT2D eigenvalue weighted by atomic mass is 10.0. The van der Waals surface area contributed by atoms with Crippen LogP contribution in [0.1, 0.15) is 24.9 Å². The molecule has 0 aliphatic carbocycles. The van der Waals surface area contributed by atoms with E-state index in [0.717, 1.165) is 12.0 Å². The number of rotatable bonds is 4. The number of aromatic nitrogens is 4. The van der Waals surface area contributed by atoms with Crippen molar-refractivity contribution in [3.05, 3.63) is 36.7 Å². The van der Waals surface area contributed by atoms with Gasteiger partial charge in [-0.25, -0.2) is 4.98 Å². The fraction of sp³-hybridized carbons (Fsp3) is 0.455. The SMILES string of the molecule is CCC(N)C(c1cnn(C)c1)n1ccnc1. The third-order valence-electron chi connectivity index (χ3n) is 2.79. The second-order valence-electron chi connectivity index (χ2n) is 3.97. The predicted octanol–water partition coefficient (Wildman–Crippen LogP) is 0.943. The lowest BCUT2D eigenvalue weighted by Crippen LogP contribution is -2.31. The van der Waals surface area contributed by atoms with Crippen LogP contribution < -0.4 is 5.73 Å². The minimum Gasteiger partial charge on any atom is -0.328 e. The van der Waals surface area contributed by atoms with Gasteiger partial charge in [-0.3, -0.25) is 4.68 Å². The quantitative estimate of drug-likeness (QED) is 0.832. The molecular weight excluding hydrogens is 202 g/mol. The van der Waals surface area contributed by atoms with E-state index in [0.29, 0.717) is 0 Å². The van der Waals surface area contributed by atoms with Crippen molar-refractivity contribution in [1.82, 2.24) is 19.3 Å². The lowest BCUT2D eigenvalue weighted by molar-refractivity contribution is 0.458. The van der Waals surface area contributed by atoms with Gasteiger partial charge in [0.2, 0.25) is 0 Å². The van der Waals surface area contributed by atoms with Crippen LogP contribution >= 0.6 is 0 Å². The zero-order valence-electron chi connectivity index (χ0n) is 9.61. The first-order valence-electron chi connectivity index (χ1n) is 5.44. The molecule has 2 atom stereocenters. The van der Waals surface area contributed by atoms with Crippen LogP contribution in [0.4, 0.5) is 0 Å². The molecule has 0 saturated carbocycles. The zero-order valence-corrected chi connectivity index (χ0v) is 9.61. The molecular formula is C11H17N5. The summed E-state index contributed by atoms with van der Waals surface area (Å²) in [5.74, 6) is 0. The molecule has 2 rings (SSSR count). The second kappa shape index (κ2) is 4.49. The third-order valence-corrected chi connectivity index (χ3v) is 2.79. The van der Waals surface area contributed by atoms with Crippen LogP contribution in [-0.2, 0) is 7.05 Å². The van der Waals surface area contributed by atoms with Crippen LogP contribution in [0.3, 0.4) is 0 Å². The molecule has 5 nitrogen and oxygen atoms in total. The van der Waals surface area contributed by atoms with Crippen LogP contribution in [0.25, 0.3) is 0 Å². The Hall–Kier alpha value is -1.62. The second-order valence-corrected chi connectivity index (χ2v) is 3.97. The number of hydrogen-bond acceptors (Lipinski definition) is 3. The molecule has 2 aromatic heterocycles. The maximum atomic E-state index is 6.16. The molecule has 16 heavy (non-hydrogen) atoms. The Morgan fingerprint density at radius 3 is 2.81 bits per heavy atom. The summed E-state index contributed by atoms with van der Waals surface area (Å²) in [4.78, 5) is 4.07. The van der Waals surface area contributed by atoms with Gasteiger partial charge in [-0.1, -0.05) is 6.92 Å². The zero-order chi connectivity index (χ0) is 11.5. The van der Waals surface area contributed by atoms with Gasteiger partial charge < -0.3 is 10.3 Å². The van der Waals surface area contributed by atoms with Crippen molar-refractivity contribution in [2.45, 2.75) is 25.4 Å². The lowest BCUT2D eigenvalue weighted by Gasteiger charge is -2.23. The van der Waals surface area contributed by atoms with Crippen LogP contribution in [0, 0.1) is 0 Å². The van der Waals surface area contributed by atoms with Gasteiger partial charge in [0, 0.05) is 37.2 Å². The fourth-order valence-corrected chi connectivity index (χ4v) is 1.89. The Kier molecular flexibility index (Phi) is 3.05. The van der Waals surface area contributed by atoms with E-state index < -0.39 is 0 Å².